The van der Waals surface area contributed by atoms with E-state index >= 15 is 0 Å². The molecule has 6 nitrogen and oxygen atoms in total. The van der Waals surface area contributed by atoms with Crippen LogP contribution in [0.5, 0.6) is 11.8 Å². The Bertz CT molecular complexity index is 617. The third kappa shape index (κ3) is 1.53. The Labute approximate surface area is 104 Å². The van der Waals surface area contributed by atoms with E-state index in [-0.39, 0.29) is 0 Å². The summed E-state index contributed by atoms with van der Waals surface area (Å²) in [4.78, 5) is 19.9. The molecule has 0 aliphatic heterocycles. The van der Waals surface area contributed by atoms with Crippen molar-refractivity contribution < 1.29 is 14.3 Å². The lowest BCUT2D eigenvalue weighted by Crippen LogP contribution is -2.01. The Morgan fingerprint density at radius 1 is 1.33 bits per heavy atom. The van der Waals surface area contributed by atoms with Crippen LogP contribution in [-0.4, -0.2) is 34.9 Å². The van der Waals surface area contributed by atoms with Gasteiger partial charge in [0.1, 0.15) is 5.69 Å². The topological polar surface area (TPSA) is 65.7 Å². The molecule has 0 radical (unpaired) electrons. The fourth-order valence-corrected chi connectivity index (χ4v) is 2.06. The molecule has 94 valence electrons. The Balaban J connectivity index is 2.31. The van der Waals surface area contributed by atoms with Crippen LogP contribution in [0.25, 0.3) is 5.78 Å². The summed E-state index contributed by atoms with van der Waals surface area (Å²) in [5.74, 6) is 1.74. The van der Waals surface area contributed by atoms with Gasteiger partial charge in [0.05, 0.1) is 26.0 Å². The van der Waals surface area contributed by atoms with Crippen LogP contribution in [-0.2, 0) is 0 Å². The van der Waals surface area contributed by atoms with Crippen LogP contribution in [0.1, 0.15) is 34.9 Å². The molecular weight excluding hydrogens is 234 g/mol. The maximum absolute atomic E-state index is 11.3. The predicted molar refractivity (Wildman–Crippen MR) is 63.5 cm³/mol. The first kappa shape index (κ1) is 11.0. The molecule has 2 aromatic heterocycles. The first-order valence-electron chi connectivity index (χ1n) is 5.75. The van der Waals surface area contributed by atoms with Crippen molar-refractivity contribution >= 4 is 12.1 Å². The van der Waals surface area contributed by atoms with E-state index in [1.807, 2.05) is 0 Å². The summed E-state index contributed by atoms with van der Waals surface area (Å²) in [5, 5.41) is 0. The second-order valence-corrected chi connectivity index (χ2v) is 4.25. The van der Waals surface area contributed by atoms with Crippen molar-refractivity contribution in [1.82, 2.24) is 14.4 Å². The molecule has 2 aromatic rings. The van der Waals surface area contributed by atoms with Crippen molar-refractivity contribution in [3.63, 3.8) is 0 Å². The SMILES string of the molecule is COc1cc(OC)n2c(C=O)c(C3CC3)nc2n1. The van der Waals surface area contributed by atoms with Gasteiger partial charge in [-0.3, -0.25) is 4.79 Å². The molecule has 0 spiro atoms. The van der Waals surface area contributed by atoms with E-state index < -0.39 is 0 Å². The van der Waals surface area contributed by atoms with E-state index in [2.05, 4.69) is 9.97 Å². The van der Waals surface area contributed by atoms with Crippen molar-refractivity contribution in [2.24, 2.45) is 0 Å². The van der Waals surface area contributed by atoms with Gasteiger partial charge in [0, 0.05) is 5.92 Å². The maximum Gasteiger partial charge on any atom is 0.240 e. The molecule has 1 fully saturated rings. The molecule has 18 heavy (non-hydrogen) atoms. The summed E-state index contributed by atoms with van der Waals surface area (Å²) in [6, 6.07) is 1.64. The van der Waals surface area contributed by atoms with Gasteiger partial charge in [0.2, 0.25) is 17.5 Å². The van der Waals surface area contributed by atoms with E-state index in [4.69, 9.17) is 9.47 Å². The zero-order valence-corrected chi connectivity index (χ0v) is 10.2. The summed E-state index contributed by atoms with van der Waals surface area (Å²) in [7, 11) is 3.07. The van der Waals surface area contributed by atoms with Gasteiger partial charge in [0.15, 0.2) is 6.29 Å². The first-order valence-corrected chi connectivity index (χ1v) is 5.75. The minimum absolute atomic E-state index is 0.377. The quantitative estimate of drug-likeness (QED) is 0.765. The molecule has 3 rings (SSSR count). The van der Waals surface area contributed by atoms with Gasteiger partial charge in [-0.1, -0.05) is 0 Å². The van der Waals surface area contributed by atoms with Crippen LogP contribution in [0.3, 0.4) is 0 Å². The van der Waals surface area contributed by atoms with Crippen LogP contribution in [0.15, 0.2) is 6.07 Å². The smallest absolute Gasteiger partial charge is 0.240 e. The largest absolute Gasteiger partial charge is 0.482 e. The van der Waals surface area contributed by atoms with E-state index in [9.17, 15) is 4.79 Å². The number of aromatic nitrogens is 3. The Morgan fingerprint density at radius 2 is 2.11 bits per heavy atom. The van der Waals surface area contributed by atoms with E-state index in [0.29, 0.717) is 29.1 Å². The Morgan fingerprint density at radius 3 is 2.67 bits per heavy atom. The third-order valence-electron chi connectivity index (χ3n) is 3.10. The number of imidazole rings is 1. The van der Waals surface area contributed by atoms with E-state index in [0.717, 1.165) is 24.8 Å². The normalized spacial score (nSPS) is 14.8. The summed E-state index contributed by atoms with van der Waals surface area (Å²) in [6.45, 7) is 0. The lowest BCUT2D eigenvalue weighted by Gasteiger charge is -2.06. The van der Waals surface area contributed by atoms with Crippen molar-refractivity contribution in [2.75, 3.05) is 14.2 Å². The highest BCUT2D eigenvalue weighted by molar-refractivity contribution is 5.77. The average Bonchev–Trinajstić information content (AvgIpc) is 3.18. The highest BCUT2D eigenvalue weighted by Crippen LogP contribution is 2.41. The molecular formula is C12H13N3O3. The van der Waals surface area contributed by atoms with Crippen molar-refractivity contribution in [3.8, 4) is 11.8 Å². The Kier molecular flexibility index (Phi) is 2.43. The van der Waals surface area contributed by atoms with E-state index in [1.54, 1.807) is 17.6 Å². The number of nitrogens with zero attached hydrogens (tertiary/aromatic N) is 3. The predicted octanol–water partition coefficient (Wildman–Crippen LogP) is 1.44. The maximum atomic E-state index is 11.3. The van der Waals surface area contributed by atoms with Gasteiger partial charge >= 0.3 is 0 Å². The van der Waals surface area contributed by atoms with Crippen LogP contribution in [0.2, 0.25) is 0 Å². The van der Waals surface area contributed by atoms with Gasteiger partial charge in [-0.05, 0) is 12.8 Å². The van der Waals surface area contributed by atoms with Crippen molar-refractivity contribution in [1.29, 1.82) is 0 Å². The number of carbonyl (C=O) groups excluding carboxylic acids is 1. The summed E-state index contributed by atoms with van der Waals surface area (Å²) >= 11 is 0. The number of fused-ring (bicyclic) bond motifs is 1. The summed E-state index contributed by atoms with van der Waals surface area (Å²) < 4.78 is 12.0. The minimum Gasteiger partial charge on any atom is -0.482 e. The number of methoxy groups -OCH3 is 2. The number of ether oxygens (including phenoxy) is 2. The van der Waals surface area contributed by atoms with Crippen molar-refractivity contribution in [3.05, 3.63) is 17.5 Å². The van der Waals surface area contributed by atoms with Crippen LogP contribution < -0.4 is 9.47 Å². The number of hydrogen-bond acceptors (Lipinski definition) is 5. The average molecular weight is 247 g/mol. The molecule has 1 saturated carbocycles. The molecule has 0 unspecified atom stereocenters. The molecule has 0 bridgehead atoms. The molecule has 0 atom stereocenters. The standard InChI is InChI=1S/C12H13N3O3/c1-17-9-5-10(18-2)15-8(6-16)11(7-3-4-7)14-12(15)13-9/h5-7H,3-4H2,1-2H3. The van der Waals surface area contributed by atoms with Gasteiger partial charge in [0.25, 0.3) is 0 Å². The highest BCUT2D eigenvalue weighted by Gasteiger charge is 2.31. The number of aldehydes is 1. The fraction of sp³-hybridized carbons (Fsp3) is 0.417. The molecule has 0 saturated heterocycles. The second kappa shape index (κ2) is 3.97. The molecule has 0 N–H and O–H groups in total. The third-order valence-corrected chi connectivity index (χ3v) is 3.10. The number of rotatable bonds is 4. The van der Waals surface area contributed by atoms with Crippen LogP contribution >= 0.6 is 0 Å². The lowest BCUT2D eigenvalue weighted by molar-refractivity contribution is 0.111. The zero-order valence-electron chi connectivity index (χ0n) is 10.2. The number of hydrogen-bond donors (Lipinski definition) is 0. The fourth-order valence-electron chi connectivity index (χ4n) is 2.06. The molecule has 1 aliphatic rings. The van der Waals surface area contributed by atoms with Gasteiger partial charge in [-0.2, -0.15) is 4.98 Å². The van der Waals surface area contributed by atoms with Gasteiger partial charge in [-0.25, -0.2) is 9.38 Å². The summed E-state index contributed by atoms with van der Waals surface area (Å²) in [6.07, 6.45) is 2.96. The first-order chi connectivity index (χ1) is 8.78. The minimum atomic E-state index is 0.377. The second-order valence-electron chi connectivity index (χ2n) is 4.25. The Hall–Kier alpha value is -2.11. The molecule has 2 heterocycles. The molecule has 0 aromatic carbocycles. The lowest BCUT2D eigenvalue weighted by atomic mass is 10.2. The van der Waals surface area contributed by atoms with Crippen LogP contribution in [0.4, 0.5) is 0 Å². The van der Waals surface area contributed by atoms with Gasteiger partial charge in [-0.15, -0.1) is 0 Å². The molecule has 6 heteroatoms. The van der Waals surface area contributed by atoms with Crippen LogP contribution in [0, 0.1) is 0 Å². The van der Waals surface area contributed by atoms with Crippen molar-refractivity contribution in [2.45, 2.75) is 18.8 Å². The molecule has 1 aliphatic carbocycles. The zero-order chi connectivity index (χ0) is 12.7. The number of carbonyl (C=O) groups is 1. The highest BCUT2D eigenvalue weighted by atomic mass is 16.5. The van der Waals surface area contributed by atoms with E-state index in [1.165, 1.54) is 7.11 Å². The summed E-state index contributed by atoms with van der Waals surface area (Å²) in [5.41, 5.74) is 1.34. The monoisotopic (exact) mass is 247 g/mol. The molecule has 0 amide bonds. The van der Waals surface area contributed by atoms with Gasteiger partial charge < -0.3 is 9.47 Å².